The molecule has 0 atom stereocenters. The molecular formula is C14H23ClN4O. The molecule has 20 heavy (non-hydrogen) atoms. The van der Waals surface area contributed by atoms with E-state index in [1.54, 1.807) is 19.2 Å². The number of rotatable bonds is 7. The van der Waals surface area contributed by atoms with Gasteiger partial charge in [-0.25, -0.2) is 0 Å². The summed E-state index contributed by atoms with van der Waals surface area (Å²) in [6, 6.07) is 5.39. The Labute approximate surface area is 125 Å². The number of nitrogens with zero attached hydrogens (tertiary/aromatic N) is 2. The van der Waals surface area contributed by atoms with Gasteiger partial charge in [-0.15, -0.1) is 0 Å². The standard InChI is InChI=1S/C14H23ClN4O/c1-4-19(5-2)9-8-17-14(16)18-11-6-7-13(20-3)12(15)10-11/h6-7,10H,4-5,8-9H2,1-3H3,(H3,16,17,18). The molecule has 0 aliphatic heterocycles. The molecule has 1 aromatic rings. The first-order valence-corrected chi connectivity index (χ1v) is 7.11. The fourth-order valence-corrected chi connectivity index (χ4v) is 2.04. The molecule has 5 nitrogen and oxygen atoms in total. The van der Waals surface area contributed by atoms with Crippen molar-refractivity contribution in [3.8, 4) is 5.75 Å². The van der Waals surface area contributed by atoms with E-state index in [1.807, 2.05) is 6.07 Å². The van der Waals surface area contributed by atoms with Crippen LogP contribution < -0.4 is 15.8 Å². The van der Waals surface area contributed by atoms with Gasteiger partial charge in [-0.05, 0) is 31.3 Å². The number of hydrogen-bond donors (Lipinski definition) is 2. The summed E-state index contributed by atoms with van der Waals surface area (Å²) in [6.07, 6.45) is 0. The van der Waals surface area contributed by atoms with Gasteiger partial charge in [0.2, 0.25) is 0 Å². The van der Waals surface area contributed by atoms with Crippen molar-refractivity contribution in [2.45, 2.75) is 13.8 Å². The van der Waals surface area contributed by atoms with Crippen molar-refractivity contribution in [3.63, 3.8) is 0 Å². The first-order chi connectivity index (χ1) is 9.60. The molecule has 0 aliphatic rings. The molecule has 1 aromatic carbocycles. The minimum absolute atomic E-state index is 0.387. The molecule has 0 aromatic heterocycles. The van der Waals surface area contributed by atoms with E-state index < -0.39 is 0 Å². The fourth-order valence-electron chi connectivity index (χ4n) is 1.78. The van der Waals surface area contributed by atoms with Gasteiger partial charge in [0, 0.05) is 12.2 Å². The number of halogens is 1. The van der Waals surface area contributed by atoms with Crippen LogP contribution in [0.2, 0.25) is 5.02 Å². The number of methoxy groups -OCH3 is 1. The van der Waals surface area contributed by atoms with Gasteiger partial charge in [0.25, 0.3) is 0 Å². The summed E-state index contributed by atoms with van der Waals surface area (Å²) >= 11 is 6.04. The van der Waals surface area contributed by atoms with Crippen LogP contribution in [-0.2, 0) is 0 Å². The van der Waals surface area contributed by atoms with Gasteiger partial charge in [-0.1, -0.05) is 25.4 Å². The minimum atomic E-state index is 0.387. The third-order valence-electron chi connectivity index (χ3n) is 3.02. The van der Waals surface area contributed by atoms with Crippen molar-refractivity contribution in [1.29, 1.82) is 0 Å². The predicted molar refractivity (Wildman–Crippen MR) is 85.9 cm³/mol. The third kappa shape index (κ3) is 5.27. The normalized spacial score (nSPS) is 11.8. The molecule has 1 rings (SSSR count). The molecule has 0 bridgehead atoms. The first kappa shape index (κ1) is 16.6. The van der Waals surface area contributed by atoms with E-state index >= 15 is 0 Å². The zero-order valence-corrected chi connectivity index (χ0v) is 13.1. The highest BCUT2D eigenvalue weighted by molar-refractivity contribution is 6.32. The van der Waals surface area contributed by atoms with Gasteiger partial charge in [-0.3, -0.25) is 4.99 Å². The van der Waals surface area contributed by atoms with E-state index in [0.717, 1.165) is 25.3 Å². The Hall–Kier alpha value is -1.46. The Morgan fingerprint density at radius 3 is 2.65 bits per heavy atom. The SMILES string of the molecule is CCN(CC)CCN=C(N)Nc1ccc(OC)c(Cl)c1. The second kappa shape index (κ2) is 8.66. The molecule has 6 heteroatoms. The number of nitrogens with one attached hydrogen (secondary N) is 1. The van der Waals surface area contributed by atoms with E-state index in [0.29, 0.717) is 23.3 Å². The molecule has 0 aliphatic carbocycles. The summed E-state index contributed by atoms with van der Waals surface area (Å²) in [5.74, 6) is 1.02. The molecule has 0 fully saturated rings. The molecule has 0 saturated heterocycles. The summed E-state index contributed by atoms with van der Waals surface area (Å²) in [4.78, 5) is 6.59. The van der Waals surface area contributed by atoms with Crippen molar-refractivity contribution < 1.29 is 4.74 Å². The lowest BCUT2D eigenvalue weighted by molar-refractivity contribution is 0.313. The number of ether oxygens (including phenoxy) is 1. The molecule has 112 valence electrons. The molecule has 0 amide bonds. The number of aliphatic imine (C=N–C) groups is 1. The maximum Gasteiger partial charge on any atom is 0.193 e. The zero-order valence-electron chi connectivity index (χ0n) is 12.3. The van der Waals surface area contributed by atoms with Crippen molar-refractivity contribution in [3.05, 3.63) is 23.2 Å². The van der Waals surface area contributed by atoms with E-state index in [1.165, 1.54) is 0 Å². The number of guanidine groups is 1. The summed E-state index contributed by atoms with van der Waals surface area (Å²) < 4.78 is 5.09. The largest absolute Gasteiger partial charge is 0.495 e. The van der Waals surface area contributed by atoms with Gasteiger partial charge in [-0.2, -0.15) is 0 Å². The van der Waals surface area contributed by atoms with Crippen LogP contribution in [0.3, 0.4) is 0 Å². The van der Waals surface area contributed by atoms with Gasteiger partial charge < -0.3 is 20.7 Å². The summed E-state index contributed by atoms with van der Waals surface area (Å²) in [5, 5.41) is 3.55. The number of benzene rings is 1. The quantitative estimate of drug-likeness (QED) is 0.599. The predicted octanol–water partition coefficient (Wildman–Crippen LogP) is 2.42. The second-order valence-corrected chi connectivity index (χ2v) is 4.68. The second-order valence-electron chi connectivity index (χ2n) is 4.27. The van der Waals surface area contributed by atoms with Crippen LogP contribution in [0.5, 0.6) is 5.75 Å². The highest BCUT2D eigenvalue weighted by Crippen LogP contribution is 2.26. The lowest BCUT2D eigenvalue weighted by Crippen LogP contribution is -2.28. The van der Waals surface area contributed by atoms with Crippen LogP contribution in [-0.4, -0.2) is 44.1 Å². The Bertz CT molecular complexity index is 447. The van der Waals surface area contributed by atoms with Crippen LogP contribution in [0, 0.1) is 0 Å². The van der Waals surface area contributed by atoms with Crippen LogP contribution >= 0.6 is 11.6 Å². The minimum Gasteiger partial charge on any atom is -0.495 e. The molecule has 0 spiro atoms. The van der Waals surface area contributed by atoms with Gasteiger partial charge in [0.15, 0.2) is 5.96 Å². The van der Waals surface area contributed by atoms with E-state index in [2.05, 4.69) is 29.1 Å². The molecule has 0 radical (unpaired) electrons. The summed E-state index contributed by atoms with van der Waals surface area (Å²) in [6.45, 7) is 7.88. The Morgan fingerprint density at radius 1 is 1.40 bits per heavy atom. The number of anilines is 1. The van der Waals surface area contributed by atoms with Crippen molar-refractivity contribution >= 4 is 23.2 Å². The third-order valence-corrected chi connectivity index (χ3v) is 3.31. The van der Waals surface area contributed by atoms with Gasteiger partial charge >= 0.3 is 0 Å². The monoisotopic (exact) mass is 298 g/mol. The van der Waals surface area contributed by atoms with Gasteiger partial charge in [0.1, 0.15) is 5.75 Å². The molecule has 0 heterocycles. The highest BCUT2D eigenvalue weighted by atomic mass is 35.5. The van der Waals surface area contributed by atoms with Crippen molar-refractivity contribution in [1.82, 2.24) is 4.90 Å². The van der Waals surface area contributed by atoms with E-state index in [9.17, 15) is 0 Å². The van der Waals surface area contributed by atoms with Crippen molar-refractivity contribution in [2.75, 3.05) is 38.6 Å². The highest BCUT2D eigenvalue weighted by Gasteiger charge is 2.03. The average Bonchev–Trinajstić information content (AvgIpc) is 2.44. The Morgan fingerprint density at radius 2 is 2.10 bits per heavy atom. The molecule has 3 N–H and O–H groups in total. The van der Waals surface area contributed by atoms with E-state index in [-0.39, 0.29) is 0 Å². The zero-order chi connectivity index (χ0) is 15.0. The average molecular weight is 299 g/mol. The van der Waals surface area contributed by atoms with E-state index in [4.69, 9.17) is 22.1 Å². The number of nitrogens with two attached hydrogens (primary N) is 1. The molecule has 0 unspecified atom stereocenters. The fraction of sp³-hybridized carbons (Fsp3) is 0.500. The van der Waals surface area contributed by atoms with Crippen molar-refractivity contribution in [2.24, 2.45) is 10.7 Å². The van der Waals surface area contributed by atoms with Crippen LogP contribution in [0.15, 0.2) is 23.2 Å². The van der Waals surface area contributed by atoms with Crippen LogP contribution in [0.1, 0.15) is 13.8 Å². The summed E-state index contributed by atoms with van der Waals surface area (Å²) in [7, 11) is 1.58. The lowest BCUT2D eigenvalue weighted by atomic mass is 10.3. The Kier molecular flexibility index (Phi) is 7.18. The van der Waals surface area contributed by atoms with Crippen LogP contribution in [0.25, 0.3) is 0 Å². The topological polar surface area (TPSA) is 62.9 Å². The van der Waals surface area contributed by atoms with Gasteiger partial charge in [0.05, 0.1) is 18.7 Å². The number of hydrogen-bond acceptors (Lipinski definition) is 3. The number of likely N-dealkylation sites (N-methyl/N-ethyl adjacent to an activating group) is 1. The van der Waals surface area contributed by atoms with Crippen LogP contribution in [0.4, 0.5) is 5.69 Å². The smallest absolute Gasteiger partial charge is 0.193 e. The maximum atomic E-state index is 6.04. The molecular weight excluding hydrogens is 276 g/mol. The lowest BCUT2D eigenvalue weighted by Gasteiger charge is -2.16. The first-order valence-electron chi connectivity index (χ1n) is 6.73. The molecule has 0 saturated carbocycles. The maximum absolute atomic E-state index is 6.04. The Balaban J connectivity index is 2.52. The summed E-state index contributed by atoms with van der Waals surface area (Å²) in [5.41, 5.74) is 6.63.